The first kappa shape index (κ1) is 20.7. The quantitative estimate of drug-likeness (QED) is 0.731. The van der Waals surface area contributed by atoms with Gasteiger partial charge in [-0.2, -0.15) is 0 Å². The van der Waals surface area contributed by atoms with Crippen molar-refractivity contribution < 1.29 is 13.2 Å². The minimum absolute atomic E-state index is 0.151. The molecular formula is C21H25ClN2O3S. The van der Waals surface area contributed by atoms with Crippen molar-refractivity contribution in [2.24, 2.45) is 5.92 Å². The smallest absolute Gasteiger partial charge is 0.264 e. The van der Waals surface area contributed by atoms with Gasteiger partial charge in [0, 0.05) is 18.1 Å². The maximum absolute atomic E-state index is 13.4. The molecule has 5 nitrogen and oxygen atoms in total. The first-order valence-electron chi connectivity index (χ1n) is 9.40. The molecule has 2 aromatic carbocycles. The lowest BCUT2D eigenvalue weighted by atomic mass is 10.0. The average molecular weight is 421 g/mol. The van der Waals surface area contributed by atoms with Crippen LogP contribution in [0.25, 0.3) is 0 Å². The SMILES string of the molecule is Cc1ccc(S(=O)(=O)N(CC(=O)N2CCC[C@@H](C)C2)c2cccc(Cl)c2)cc1. The van der Waals surface area contributed by atoms with Crippen LogP contribution in [0.2, 0.25) is 5.02 Å². The van der Waals surface area contributed by atoms with Crippen molar-refractivity contribution in [1.29, 1.82) is 0 Å². The molecule has 1 aliphatic rings. The third kappa shape index (κ3) is 4.67. The van der Waals surface area contributed by atoms with Crippen LogP contribution in [-0.2, 0) is 14.8 Å². The number of anilines is 1. The van der Waals surface area contributed by atoms with Gasteiger partial charge in [-0.25, -0.2) is 8.42 Å². The fourth-order valence-electron chi connectivity index (χ4n) is 3.42. The van der Waals surface area contributed by atoms with Gasteiger partial charge in [-0.1, -0.05) is 42.3 Å². The standard InChI is InChI=1S/C21H25ClN2O3S/c1-16-8-10-20(11-9-16)28(26,27)24(19-7-3-6-18(22)13-19)15-21(25)23-12-4-5-17(2)14-23/h3,6-11,13,17H,4-5,12,14-15H2,1-2H3/t17-/m1/s1. The first-order valence-corrected chi connectivity index (χ1v) is 11.2. The number of nitrogens with zero attached hydrogens (tertiary/aromatic N) is 2. The van der Waals surface area contributed by atoms with Crippen LogP contribution in [0, 0.1) is 12.8 Å². The monoisotopic (exact) mass is 420 g/mol. The molecule has 2 aromatic rings. The number of amides is 1. The van der Waals surface area contributed by atoms with E-state index in [0.717, 1.165) is 22.7 Å². The number of piperidine rings is 1. The molecule has 1 saturated heterocycles. The van der Waals surface area contributed by atoms with Crippen LogP contribution in [-0.4, -0.2) is 38.9 Å². The predicted molar refractivity (Wildman–Crippen MR) is 112 cm³/mol. The molecule has 0 radical (unpaired) electrons. The van der Waals surface area contributed by atoms with Crippen LogP contribution in [0.3, 0.4) is 0 Å². The molecule has 1 aliphatic heterocycles. The summed E-state index contributed by atoms with van der Waals surface area (Å²) in [6.45, 7) is 5.08. The predicted octanol–water partition coefficient (Wildman–Crippen LogP) is 4.10. The van der Waals surface area contributed by atoms with E-state index in [4.69, 9.17) is 11.6 Å². The second kappa shape index (κ2) is 8.53. The Morgan fingerprint density at radius 2 is 1.93 bits per heavy atom. The molecule has 0 spiro atoms. The number of rotatable bonds is 5. The number of halogens is 1. The molecule has 0 aliphatic carbocycles. The molecule has 0 N–H and O–H groups in total. The van der Waals surface area contributed by atoms with Gasteiger partial charge in [0.25, 0.3) is 10.0 Å². The summed E-state index contributed by atoms with van der Waals surface area (Å²) in [6, 6.07) is 13.2. The number of likely N-dealkylation sites (tertiary alicyclic amines) is 1. The summed E-state index contributed by atoms with van der Waals surface area (Å²) in [7, 11) is -3.91. The average Bonchev–Trinajstić information content (AvgIpc) is 2.66. The van der Waals surface area contributed by atoms with Crippen molar-refractivity contribution >= 4 is 33.2 Å². The van der Waals surface area contributed by atoms with Gasteiger partial charge in [0.2, 0.25) is 5.91 Å². The highest BCUT2D eigenvalue weighted by molar-refractivity contribution is 7.92. The minimum Gasteiger partial charge on any atom is -0.341 e. The number of aryl methyl sites for hydroxylation is 1. The topological polar surface area (TPSA) is 57.7 Å². The van der Waals surface area contributed by atoms with Crippen molar-refractivity contribution in [2.45, 2.75) is 31.6 Å². The van der Waals surface area contributed by atoms with E-state index in [9.17, 15) is 13.2 Å². The van der Waals surface area contributed by atoms with Crippen molar-refractivity contribution in [3.63, 3.8) is 0 Å². The van der Waals surface area contributed by atoms with Gasteiger partial charge >= 0.3 is 0 Å². The van der Waals surface area contributed by atoms with Gasteiger partial charge in [-0.05, 0) is 56.0 Å². The normalized spacial score (nSPS) is 17.4. The number of carbonyl (C=O) groups is 1. The van der Waals surface area contributed by atoms with Gasteiger partial charge in [-0.15, -0.1) is 0 Å². The lowest BCUT2D eigenvalue weighted by molar-refractivity contribution is -0.131. The summed E-state index contributed by atoms with van der Waals surface area (Å²) in [5.74, 6) is 0.230. The summed E-state index contributed by atoms with van der Waals surface area (Å²) in [5, 5.41) is 0.417. The second-order valence-electron chi connectivity index (χ2n) is 7.39. The fraction of sp³-hybridized carbons (Fsp3) is 0.381. The molecule has 0 unspecified atom stereocenters. The first-order chi connectivity index (χ1) is 13.3. The van der Waals surface area contributed by atoms with Gasteiger partial charge < -0.3 is 4.90 Å². The van der Waals surface area contributed by atoms with E-state index >= 15 is 0 Å². The summed E-state index contributed by atoms with van der Waals surface area (Å²) in [6.07, 6.45) is 2.03. The third-order valence-electron chi connectivity index (χ3n) is 4.99. The van der Waals surface area contributed by atoms with Gasteiger partial charge in [0.05, 0.1) is 10.6 Å². The molecule has 7 heteroatoms. The van der Waals surface area contributed by atoms with E-state index in [1.54, 1.807) is 53.4 Å². The Morgan fingerprint density at radius 1 is 1.21 bits per heavy atom. The third-order valence-corrected chi connectivity index (χ3v) is 7.02. The van der Waals surface area contributed by atoms with Gasteiger partial charge in [0.1, 0.15) is 6.54 Å². The highest BCUT2D eigenvalue weighted by atomic mass is 35.5. The van der Waals surface area contributed by atoms with Crippen LogP contribution in [0.5, 0.6) is 0 Å². The molecule has 150 valence electrons. The van der Waals surface area contributed by atoms with E-state index in [1.165, 1.54) is 0 Å². The van der Waals surface area contributed by atoms with Crippen molar-refractivity contribution in [3.8, 4) is 0 Å². The highest BCUT2D eigenvalue weighted by Gasteiger charge is 2.30. The Bertz CT molecular complexity index is 944. The van der Waals surface area contributed by atoms with Crippen molar-refractivity contribution in [3.05, 3.63) is 59.1 Å². The highest BCUT2D eigenvalue weighted by Crippen LogP contribution is 2.27. The van der Waals surface area contributed by atoms with Crippen LogP contribution < -0.4 is 4.31 Å². The molecule has 0 bridgehead atoms. The van der Waals surface area contributed by atoms with E-state index in [0.29, 0.717) is 29.7 Å². The number of carbonyl (C=O) groups excluding carboxylic acids is 1. The molecule has 1 amide bonds. The zero-order valence-electron chi connectivity index (χ0n) is 16.1. The second-order valence-corrected chi connectivity index (χ2v) is 9.69. The number of benzene rings is 2. The Morgan fingerprint density at radius 3 is 2.57 bits per heavy atom. The van der Waals surface area contributed by atoms with Crippen LogP contribution in [0.15, 0.2) is 53.4 Å². The van der Waals surface area contributed by atoms with Crippen molar-refractivity contribution in [1.82, 2.24) is 4.90 Å². The molecule has 1 heterocycles. The minimum atomic E-state index is -3.91. The Hall–Kier alpha value is -2.05. The molecule has 1 fully saturated rings. The molecule has 0 aromatic heterocycles. The molecular weight excluding hydrogens is 396 g/mol. The summed E-state index contributed by atoms with van der Waals surface area (Å²) in [5.41, 5.74) is 1.35. The Balaban J connectivity index is 1.95. The summed E-state index contributed by atoms with van der Waals surface area (Å²) >= 11 is 6.09. The lowest BCUT2D eigenvalue weighted by Crippen LogP contribution is -2.46. The summed E-state index contributed by atoms with van der Waals surface area (Å²) in [4.78, 5) is 14.8. The van der Waals surface area contributed by atoms with Crippen molar-refractivity contribution in [2.75, 3.05) is 23.9 Å². The zero-order valence-corrected chi connectivity index (χ0v) is 17.7. The number of hydrogen-bond donors (Lipinski definition) is 0. The largest absolute Gasteiger partial charge is 0.341 e. The molecule has 1 atom stereocenters. The van der Waals surface area contributed by atoms with Gasteiger partial charge in [0.15, 0.2) is 0 Å². The Kier molecular flexibility index (Phi) is 6.30. The maximum Gasteiger partial charge on any atom is 0.264 e. The Labute approximate surface area is 172 Å². The van der Waals surface area contributed by atoms with Crippen LogP contribution >= 0.6 is 11.6 Å². The molecule has 0 saturated carbocycles. The van der Waals surface area contributed by atoms with E-state index in [2.05, 4.69) is 6.92 Å². The summed E-state index contributed by atoms with van der Waals surface area (Å²) < 4.78 is 27.9. The number of hydrogen-bond acceptors (Lipinski definition) is 3. The van der Waals surface area contributed by atoms with Gasteiger partial charge in [-0.3, -0.25) is 9.10 Å². The zero-order chi connectivity index (χ0) is 20.3. The fourth-order valence-corrected chi connectivity index (χ4v) is 5.01. The molecule has 3 rings (SSSR count). The maximum atomic E-state index is 13.4. The van der Waals surface area contributed by atoms with Crippen LogP contribution in [0.1, 0.15) is 25.3 Å². The number of sulfonamides is 1. The molecule has 28 heavy (non-hydrogen) atoms. The van der Waals surface area contributed by atoms with E-state index < -0.39 is 10.0 Å². The van der Waals surface area contributed by atoms with E-state index in [1.807, 2.05) is 6.92 Å². The van der Waals surface area contributed by atoms with E-state index in [-0.39, 0.29) is 17.3 Å². The van der Waals surface area contributed by atoms with Crippen LogP contribution in [0.4, 0.5) is 5.69 Å². The lowest BCUT2D eigenvalue weighted by Gasteiger charge is -2.33.